The smallest absolute Gasteiger partial charge is 0.305 e. The van der Waals surface area contributed by atoms with E-state index in [2.05, 4.69) is 15.3 Å². The Balaban J connectivity index is 1.85. The van der Waals surface area contributed by atoms with Gasteiger partial charge in [0.05, 0.1) is 12.8 Å². The molecule has 0 bridgehead atoms. The summed E-state index contributed by atoms with van der Waals surface area (Å²) >= 11 is 1.50. The highest BCUT2D eigenvalue weighted by atomic mass is 32.1. The lowest BCUT2D eigenvalue weighted by molar-refractivity contribution is -0.140. The van der Waals surface area contributed by atoms with E-state index < -0.39 is 0 Å². The van der Waals surface area contributed by atoms with Gasteiger partial charge in [-0.1, -0.05) is 18.2 Å². The first kappa shape index (κ1) is 17.9. The van der Waals surface area contributed by atoms with Crippen molar-refractivity contribution < 1.29 is 14.3 Å². The number of benzene rings is 1. The standard InChI is InChI=1S/C19H19N3O3S/c1-13-12-26-19(21-13)22-18-16(25-15-6-4-3-5-7-15)10-14(11-20-18)8-9-17(23)24-2/h3-7,10-12H,8-9H2,1-2H3,(H,20,21,22). The van der Waals surface area contributed by atoms with E-state index in [1.807, 2.05) is 48.7 Å². The van der Waals surface area contributed by atoms with E-state index in [-0.39, 0.29) is 5.97 Å². The molecule has 134 valence electrons. The molecular weight excluding hydrogens is 350 g/mol. The van der Waals surface area contributed by atoms with Gasteiger partial charge in [-0.25, -0.2) is 9.97 Å². The van der Waals surface area contributed by atoms with Crippen LogP contribution in [0.25, 0.3) is 0 Å². The quantitative estimate of drug-likeness (QED) is 0.619. The number of nitrogens with zero attached hydrogens (tertiary/aromatic N) is 2. The summed E-state index contributed by atoms with van der Waals surface area (Å²) in [6.07, 6.45) is 2.55. The minimum atomic E-state index is -0.254. The number of aryl methyl sites for hydroxylation is 2. The number of esters is 1. The summed E-state index contributed by atoms with van der Waals surface area (Å²) < 4.78 is 10.7. The summed E-state index contributed by atoms with van der Waals surface area (Å²) in [5, 5.41) is 5.91. The monoisotopic (exact) mass is 369 g/mol. The Hall–Kier alpha value is -2.93. The van der Waals surface area contributed by atoms with E-state index in [0.29, 0.717) is 30.2 Å². The van der Waals surface area contributed by atoms with Gasteiger partial charge in [-0.05, 0) is 37.1 Å². The molecule has 2 heterocycles. The fraction of sp³-hybridized carbons (Fsp3) is 0.211. The SMILES string of the molecule is COC(=O)CCc1cnc(Nc2nc(C)cs2)c(Oc2ccccc2)c1. The zero-order valence-corrected chi connectivity index (χ0v) is 15.4. The van der Waals surface area contributed by atoms with Crippen molar-refractivity contribution in [3.05, 3.63) is 59.2 Å². The number of carbonyl (C=O) groups is 1. The van der Waals surface area contributed by atoms with Gasteiger partial charge in [0, 0.05) is 18.0 Å². The Morgan fingerprint density at radius 1 is 1.27 bits per heavy atom. The number of thiazole rings is 1. The van der Waals surface area contributed by atoms with Crippen LogP contribution in [0.2, 0.25) is 0 Å². The Labute approximate surface area is 155 Å². The molecule has 1 aromatic carbocycles. The van der Waals surface area contributed by atoms with E-state index in [1.54, 1.807) is 6.20 Å². The van der Waals surface area contributed by atoms with Crippen LogP contribution in [0.4, 0.5) is 10.9 Å². The van der Waals surface area contributed by atoms with Crippen LogP contribution in [-0.4, -0.2) is 23.0 Å². The first-order valence-corrected chi connectivity index (χ1v) is 9.00. The van der Waals surface area contributed by atoms with E-state index in [1.165, 1.54) is 18.4 Å². The van der Waals surface area contributed by atoms with Crippen LogP contribution in [0.5, 0.6) is 11.5 Å². The number of ether oxygens (including phenoxy) is 2. The molecule has 0 fully saturated rings. The van der Waals surface area contributed by atoms with Crippen molar-refractivity contribution >= 4 is 28.3 Å². The van der Waals surface area contributed by atoms with Gasteiger partial charge in [-0.2, -0.15) is 0 Å². The second kappa shape index (κ2) is 8.44. The lowest BCUT2D eigenvalue weighted by atomic mass is 10.1. The largest absolute Gasteiger partial charge is 0.469 e. The molecule has 0 unspecified atom stereocenters. The van der Waals surface area contributed by atoms with Crippen LogP contribution in [0, 0.1) is 6.92 Å². The molecule has 7 heteroatoms. The average Bonchev–Trinajstić information content (AvgIpc) is 3.07. The number of methoxy groups -OCH3 is 1. The maximum atomic E-state index is 11.4. The van der Waals surface area contributed by atoms with Gasteiger partial charge in [0.2, 0.25) is 0 Å². The van der Waals surface area contributed by atoms with Gasteiger partial charge in [0.15, 0.2) is 16.7 Å². The summed E-state index contributed by atoms with van der Waals surface area (Å²) in [4.78, 5) is 20.2. The minimum absolute atomic E-state index is 0.254. The Bertz CT molecular complexity index is 881. The molecule has 1 N–H and O–H groups in total. The van der Waals surface area contributed by atoms with E-state index in [0.717, 1.165) is 16.4 Å². The highest BCUT2D eigenvalue weighted by Gasteiger charge is 2.12. The lowest BCUT2D eigenvalue weighted by Crippen LogP contribution is -2.03. The first-order valence-electron chi connectivity index (χ1n) is 8.12. The third-order valence-corrected chi connectivity index (χ3v) is 4.45. The molecule has 3 rings (SSSR count). The van der Waals surface area contributed by atoms with Crippen LogP contribution in [0.3, 0.4) is 0 Å². The summed E-state index contributed by atoms with van der Waals surface area (Å²) in [6.45, 7) is 1.94. The number of hydrogen-bond acceptors (Lipinski definition) is 7. The number of carbonyl (C=O) groups excluding carboxylic acids is 1. The van der Waals surface area contributed by atoms with Gasteiger partial charge >= 0.3 is 5.97 Å². The summed E-state index contributed by atoms with van der Waals surface area (Å²) in [5.74, 6) is 1.60. The van der Waals surface area contributed by atoms with Crippen molar-refractivity contribution in [1.29, 1.82) is 0 Å². The predicted octanol–water partition coefficient (Wildman–Crippen LogP) is 4.49. The molecule has 0 atom stereocenters. The molecule has 26 heavy (non-hydrogen) atoms. The van der Waals surface area contributed by atoms with Gasteiger partial charge in [-0.3, -0.25) is 4.79 Å². The van der Waals surface area contributed by atoms with Crippen LogP contribution >= 0.6 is 11.3 Å². The van der Waals surface area contributed by atoms with Gasteiger partial charge in [0.25, 0.3) is 0 Å². The molecule has 0 amide bonds. The number of pyridine rings is 1. The Morgan fingerprint density at radius 3 is 2.77 bits per heavy atom. The second-order valence-corrected chi connectivity index (χ2v) is 6.46. The molecule has 0 aliphatic rings. The Kier molecular flexibility index (Phi) is 5.80. The third kappa shape index (κ3) is 4.80. The molecule has 0 aliphatic heterocycles. The minimum Gasteiger partial charge on any atom is -0.469 e. The predicted molar refractivity (Wildman–Crippen MR) is 101 cm³/mol. The number of hydrogen-bond donors (Lipinski definition) is 1. The van der Waals surface area contributed by atoms with Gasteiger partial charge < -0.3 is 14.8 Å². The lowest BCUT2D eigenvalue weighted by Gasteiger charge is -2.12. The highest BCUT2D eigenvalue weighted by molar-refractivity contribution is 7.13. The van der Waals surface area contributed by atoms with Gasteiger partial charge in [-0.15, -0.1) is 11.3 Å². The van der Waals surface area contributed by atoms with Crippen LogP contribution < -0.4 is 10.1 Å². The molecular formula is C19H19N3O3S. The third-order valence-electron chi connectivity index (χ3n) is 3.57. The first-order chi connectivity index (χ1) is 12.6. The highest BCUT2D eigenvalue weighted by Crippen LogP contribution is 2.32. The number of anilines is 2. The van der Waals surface area contributed by atoms with Crippen molar-refractivity contribution in [2.45, 2.75) is 19.8 Å². The molecule has 0 aliphatic carbocycles. The van der Waals surface area contributed by atoms with Crippen molar-refractivity contribution in [2.24, 2.45) is 0 Å². The number of nitrogens with one attached hydrogen (secondary N) is 1. The van der Waals surface area contributed by atoms with E-state index in [4.69, 9.17) is 9.47 Å². The molecule has 2 aromatic heterocycles. The van der Waals surface area contributed by atoms with E-state index in [9.17, 15) is 4.79 Å². The average molecular weight is 369 g/mol. The van der Waals surface area contributed by atoms with Crippen LogP contribution in [0.1, 0.15) is 17.7 Å². The molecule has 6 nitrogen and oxygen atoms in total. The van der Waals surface area contributed by atoms with Crippen molar-refractivity contribution in [1.82, 2.24) is 9.97 Å². The molecule has 0 saturated carbocycles. The second-order valence-electron chi connectivity index (χ2n) is 5.60. The van der Waals surface area contributed by atoms with Crippen LogP contribution in [-0.2, 0) is 16.0 Å². The normalized spacial score (nSPS) is 10.4. The van der Waals surface area contributed by atoms with Gasteiger partial charge in [0.1, 0.15) is 5.75 Å². The molecule has 0 radical (unpaired) electrons. The summed E-state index contributed by atoms with van der Waals surface area (Å²) in [5.41, 5.74) is 1.83. The molecule has 3 aromatic rings. The van der Waals surface area contributed by atoms with Crippen molar-refractivity contribution in [2.75, 3.05) is 12.4 Å². The zero-order chi connectivity index (χ0) is 18.4. The fourth-order valence-electron chi connectivity index (χ4n) is 2.27. The topological polar surface area (TPSA) is 73.3 Å². The zero-order valence-electron chi connectivity index (χ0n) is 14.6. The summed E-state index contributed by atoms with van der Waals surface area (Å²) in [7, 11) is 1.38. The summed E-state index contributed by atoms with van der Waals surface area (Å²) in [6, 6.07) is 11.4. The number of aromatic nitrogens is 2. The van der Waals surface area contributed by atoms with Crippen LogP contribution in [0.15, 0.2) is 48.0 Å². The maximum Gasteiger partial charge on any atom is 0.305 e. The Morgan fingerprint density at radius 2 is 2.08 bits per heavy atom. The fourth-order valence-corrected chi connectivity index (χ4v) is 2.96. The van der Waals surface area contributed by atoms with E-state index >= 15 is 0 Å². The maximum absolute atomic E-state index is 11.4. The van der Waals surface area contributed by atoms with Crippen molar-refractivity contribution in [3.8, 4) is 11.5 Å². The van der Waals surface area contributed by atoms with Crippen molar-refractivity contribution in [3.63, 3.8) is 0 Å². The number of rotatable bonds is 7. The number of para-hydroxylation sites is 1. The molecule has 0 saturated heterocycles. The molecule has 0 spiro atoms.